The van der Waals surface area contributed by atoms with Crippen molar-refractivity contribution in [3.05, 3.63) is 64.2 Å². The summed E-state index contributed by atoms with van der Waals surface area (Å²) in [5.74, 6) is -2.52. The monoisotopic (exact) mass is 369 g/mol. The Labute approximate surface area is 153 Å². The van der Waals surface area contributed by atoms with Crippen LogP contribution in [0.3, 0.4) is 0 Å². The van der Waals surface area contributed by atoms with Crippen molar-refractivity contribution >= 4 is 34.8 Å². The molecule has 2 aromatic carbocycles. The molecular weight excluding hydrogens is 354 g/mol. The van der Waals surface area contributed by atoms with E-state index in [2.05, 4.69) is 5.32 Å². The summed E-state index contributed by atoms with van der Waals surface area (Å²) >= 11 is 0. The zero-order valence-electron chi connectivity index (χ0n) is 14.2. The number of hydrogen-bond donors (Lipinski definition) is 1. The summed E-state index contributed by atoms with van der Waals surface area (Å²) in [6, 6.07) is 10.1. The molecule has 0 aliphatic carbocycles. The molecule has 1 unspecified atom stereocenters. The van der Waals surface area contributed by atoms with Crippen LogP contribution in [0.25, 0.3) is 0 Å². The van der Waals surface area contributed by atoms with Crippen molar-refractivity contribution in [2.75, 3.05) is 16.8 Å². The van der Waals surface area contributed by atoms with Gasteiger partial charge >= 0.3 is 5.97 Å². The summed E-state index contributed by atoms with van der Waals surface area (Å²) in [5, 5.41) is 13.9. The van der Waals surface area contributed by atoms with Crippen molar-refractivity contribution in [3.8, 4) is 0 Å². The van der Waals surface area contributed by atoms with Gasteiger partial charge in [0.1, 0.15) is 5.56 Å². The number of carbonyl (C=O) groups excluding carboxylic acids is 3. The smallest absolute Gasteiger partial charge is 0.339 e. The molecule has 0 saturated heterocycles. The van der Waals surface area contributed by atoms with Gasteiger partial charge in [-0.1, -0.05) is 24.3 Å². The maximum atomic E-state index is 13.2. The number of fused-ring (bicyclic) bond motifs is 1. The third-order valence-corrected chi connectivity index (χ3v) is 3.99. The van der Waals surface area contributed by atoms with E-state index in [1.54, 1.807) is 25.1 Å². The first kappa shape index (κ1) is 18.1. The van der Waals surface area contributed by atoms with Crippen LogP contribution in [-0.2, 0) is 14.3 Å². The van der Waals surface area contributed by atoms with Crippen molar-refractivity contribution in [2.24, 2.45) is 0 Å². The van der Waals surface area contributed by atoms with E-state index in [0.717, 1.165) is 4.90 Å². The number of para-hydroxylation sites is 3. The fourth-order valence-electron chi connectivity index (χ4n) is 2.85. The number of benzene rings is 2. The molecule has 9 nitrogen and oxygen atoms in total. The van der Waals surface area contributed by atoms with E-state index in [1.165, 1.54) is 30.3 Å². The highest BCUT2D eigenvalue weighted by molar-refractivity contribution is 6.24. The van der Waals surface area contributed by atoms with Crippen LogP contribution >= 0.6 is 0 Å². The molecule has 1 aliphatic rings. The minimum atomic E-state index is -1.59. The Morgan fingerprint density at radius 3 is 2.56 bits per heavy atom. The summed E-state index contributed by atoms with van der Waals surface area (Å²) in [6.45, 7) is 1.58. The lowest BCUT2D eigenvalue weighted by atomic mass is 10.0. The molecule has 0 fully saturated rings. The number of anilines is 2. The number of carbonyl (C=O) groups is 3. The normalized spacial score (nSPS) is 15.5. The summed E-state index contributed by atoms with van der Waals surface area (Å²) in [4.78, 5) is 49.6. The molecule has 9 heteroatoms. The van der Waals surface area contributed by atoms with Gasteiger partial charge < -0.3 is 10.1 Å². The zero-order chi connectivity index (χ0) is 19.6. The van der Waals surface area contributed by atoms with Gasteiger partial charge in [-0.15, -0.1) is 0 Å². The first-order valence-electron chi connectivity index (χ1n) is 8.09. The Morgan fingerprint density at radius 1 is 1.19 bits per heavy atom. The predicted octanol–water partition coefficient (Wildman–Crippen LogP) is 2.13. The van der Waals surface area contributed by atoms with Crippen LogP contribution in [0, 0.1) is 10.1 Å². The Hall–Kier alpha value is -3.75. The number of ether oxygens (including phenoxy) is 1. The number of rotatable bonds is 4. The molecule has 1 aliphatic heterocycles. The topological polar surface area (TPSA) is 119 Å². The van der Waals surface area contributed by atoms with E-state index in [1.807, 2.05) is 0 Å². The summed E-state index contributed by atoms with van der Waals surface area (Å²) in [5.41, 5.74) is -0.0943. The van der Waals surface area contributed by atoms with Gasteiger partial charge in [0.05, 0.1) is 22.9 Å². The zero-order valence-corrected chi connectivity index (χ0v) is 14.2. The van der Waals surface area contributed by atoms with Crippen LogP contribution in [0.5, 0.6) is 0 Å². The van der Waals surface area contributed by atoms with Gasteiger partial charge in [-0.05, 0) is 25.1 Å². The minimum Gasteiger partial charge on any atom is -0.464 e. The standard InChI is InChI=1S/C18H15N3O6/c1-2-27-18(24)15-16(22)19-12-8-4-6-10-14(12)20(15)17(23)11-7-3-5-9-13(11)21(25)26/h3-10,15H,2H2,1H3,(H,19,22). The van der Waals surface area contributed by atoms with E-state index in [4.69, 9.17) is 4.74 Å². The minimum absolute atomic E-state index is 0.0117. The van der Waals surface area contributed by atoms with E-state index in [9.17, 15) is 24.5 Å². The van der Waals surface area contributed by atoms with Gasteiger partial charge in [0, 0.05) is 6.07 Å². The third kappa shape index (κ3) is 3.22. The molecule has 138 valence electrons. The van der Waals surface area contributed by atoms with Crippen molar-refractivity contribution < 1.29 is 24.0 Å². The molecule has 3 rings (SSSR count). The Morgan fingerprint density at radius 2 is 1.85 bits per heavy atom. The van der Waals surface area contributed by atoms with Crippen molar-refractivity contribution in [1.29, 1.82) is 0 Å². The van der Waals surface area contributed by atoms with Crippen molar-refractivity contribution in [2.45, 2.75) is 13.0 Å². The number of nitrogens with zero attached hydrogens (tertiary/aromatic N) is 2. The molecule has 1 N–H and O–H groups in total. The summed E-state index contributed by atoms with van der Waals surface area (Å²) in [6.07, 6.45) is 0. The predicted molar refractivity (Wildman–Crippen MR) is 95.4 cm³/mol. The average molecular weight is 369 g/mol. The first-order valence-corrected chi connectivity index (χ1v) is 8.09. The lowest BCUT2D eigenvalue weighted by molar-refractivity contribution is -0.385. The maximum Gasteiger partial charge on any atom is 0.339 e. The van der Waals surface area contributed by atoms with Crippen LogP contribution in [0.2, 0.25) is 0 Å². The highest BCUT2D eigenvalue weighted by atomic mass is 16.6. The lowest BCUT2D eigenvalue weighted by Crippen LogP contribution is -2.55. The SMILES string of the molecule is CCOC(=O)C1C(=O)Nc2ccccc2N1C(=O)c1ccccc1[N+](=O)[O-]. The van der Waals surface area contributed by atoms with E-state index < -0.39 is 34.4 Å². The molecule has 0 spiro atoms. The van der Waals surface area contributed by atoms with Crippen molar-refractivity contribution in [3.63, 3.8) is 0 Å². The Balaban J connectivity index is 2.16. The van der Waals surface area contributed by atoms with Gasteiger partial charge in [0.25, 0.3) is 17.5 Å². The van der Waals surface area contributed by atoms with Crippen LogP contribution < -0.4 is 10.2 Å². The van der Waals surface area contributed by atoms with Gasteiger partial charge in [-0.25, -0.2) is 4.79 Å². The molecule has 1 heterocycles. The van der Waals surface area contributed by atoms with Crippen LogP contribution in [-0.4, -0.2) is 35.4 Å². The summed E-state index contributed by atoms with van der Waals surface area (Å²) in [7, 11) is 0. The quantitative estimate of drug-likeness (QED) is 0.382. The number of nitrogens with one attached hydrogen (secondary N) is 1. The fraction of sp³-hybridized carbons (Fsp3) is 0.167. The molecule has 2 amide bonds. The van der Waals surface area contributed by atoms with Crippen molar-refractivity contribution in [1.82, 2.24) is 0 Å². The van der Waals surface area contributed by atoms with E-state index in [0.29, 0.717) is 5.69 Å². The van der Waals surface area contributed by atoms with Gasteiger partial charge in [0.2, 0.25) is 6.04 Å². The number of nitro groups is 1. The molecular formula is C18H15N3O6. The van der Waals surface area contributed by atoms with Crippen LogP contribution in [0.4, 0.5) is 17.1 Å². The largest absolute Gasteiger partial charge is 0.464 e. The van der Waals surface area contributed by atoms with Gasteiger partial charge in [0.15, 0.2) is 0 Å². The van der Waals surface area contributed by atoms with Gasteiger partial charge in [-0.2, -0.15) is 0 Å². The van der Waals surface area contributed by atoms with E-state index in [-0.39, 0.29) is 17.9 Å². The average Bonchev–Trinajstić information content (AvgIpc) is 2.66. The Kier molecular flexibility index (Phi) is 4.84. The second-order valence-electron chi connectivity index (χ2n) is 5.61. The fourth-order valence-corrected chi connectivity index (χ4v) is 2.85. The molecule has 27 heavy (non-hydrogen) atoms. The van der Waals surface area contributed by atoms with Gasteiger partial charge in [-0.3, -0.25) is 24.6 Å². The molecule has 0 saturated carbocycles. The highest BCUT2D eigenvalue weighted by Gasteiger charge is 2.44. The third-order valence-electron chi connectivity index (χ3n) is 3.99. The number of esters is 1. The highest BCUT2D eigenvalue weighted by Crippen LogP contribution is 2.34. The summed E-state index contributed by atoms with van der Waals surface area (Å²) < 4.78 is 4.93. The van der Waals surface area contributed by atoms with E-state index >= 15 is 0 Å². The molecule has 1 atom stereocenters. The maximum absolute atomic E-state index is 13.2. The second-order valence-corrected chi connectivity index (χ2v) is 5.61. The second kappa shape index (κ2) is 7.24. The van der Waals surface area contributed by atoms with Crippen LogP contribution in [0.15, 0.2) is 48.5 Å². The molecule has 0 aromatic heterocycles. The number of nitro benzene ring substituents is 1. The molecule has 0 bridgehead atoms. The molecule has 0 radical (unpaired) electrons. The van der Waals surface area contributed by atoms with Crippen LogP contribution in [0.1, 0.15) is 17.3 Å². The Bertz CT molecular complexity index is 942. The number of hydrogen-bond acceptors (Lipinski definition) is 6. The number of amides is 2. The first-order chi connectivity index (χ1) is 13.0. The molecule has 2 aromatic rings. The lowest BCUT2D eigenvalue weighted by Gasteiger charge is -2.34.